The van der Waals surface area contributed by atoms with E-state index < -0.39 is 0 Å². The maximum absolute atomic E-state index is 5.69. The molecule has 0 radical (unpaired) electrons. The molecule has 23 heavy (non-hydrogen) atoms. The summed E-state index contributed by atoms with van der Waals surface area (Å²) in [5, 5.41) is 6.52. The molecule has 1 aromatic rings. The van der Waals surface area contributed by atoms with Crippen LogP contribution in [0.15, 0.2) is 29.3 Å². The number of hydrogen-bond acceptors (Lipinski definition) is 3. The molecule has 0 fully saturated rings. The number of aryl methyl sites for hydroxylation is 1. The van der Waals surface area contributed by atoms with Gasteiger partial charge in [-0.1, -0.05) is 12.1 Å². The van der Waals surface area contributed by atoms with Gasteiger partial charge in [0.1, 0.15) is 12.4 Å². The zero-order valence-corrected chi connectivity index (χ0v) is 16.8. The molecule has 0 bridgehead atoms. The van der Waals surface area contributed by atoms with Crippen molar-refractivity contribution in [3.63, 3.8) is 0 Å². The zero-order chi connectivity index (χ0) is 16.0. The maximum Gasteiger partial charge on any atom is 0.191 e. The maximum atomic E-state index is 5.69. The van der Waals surface area contributed by atoms with Crippen LogP contribution in [0.2, 0.25) is 0 Å². The van der Waals surface area contributed by atoms with Crippen molar-refractivity contribution in [2.75, 3.05) is 40.0 Å². The van der Waals surface area contributed by atoms with Crippen molar-refractivity contribution in [2.45, 2.75) is 26.7 Å². The average molecular weight is 435 g/mol. The summed E-state index contributed by atoms with van der Waals surface area (Å²) in [6.07, 6.45) is 2.13. The van der Waals surface area contributed by atoms with Crippen molar-refractivity contribution in [2.24, 2.45) is 4.99 Å². The molecule has 0 saturated heterocycles. The monoisotopic (exact) mass is 435 g/mol. The van der Waals surface area contributed by atoms with Crippen LogP contribution in [0.1, 0.15) is 25.3 Å². The van der Waals surface area contributed by atoms with Crippen LogP contribution in [0.5, 0.6) is 5.75 Å². The highest BCUT2D eigenvalue weighted by atomic mass is 127. The van der Waals surface area contributed by atoms with E-state index >= 15 is 0 Å². The minimum Gasteiger partial charge on any atom is -0.492 e. The number of hydrogen-bond donors (Lipinski definition) is 2. The Morgan fingerprint density at radius 3 is 2.61 bits per heavy atom. The van der Waals surface area contributed by atoms with Gasteiger partial charge in [-0.3, -0.25) is 4.99 Å². The van der Waals surface area contributed by atoms with Gasteiger partial charge in [0, 0.05) is 26.8 Å². The molecule has 0 unspecified atom stereocenters. The first-order chi connectivity index (χ1) is 10.8. The Hall–Kier alpha value is -1.02. The summed E-state index contributed by atoms with van der Waals surface area (Å²) in [7, 11) is 1.77. The molecule has 0 aromatic heterocycles. The predicted octanol–water partition coefficient (Wildman–Crippen LogP) is 2.97. The van der Waals surface area contributed by atoms with Crippen LogP contribution in [0.4, 0.5) is 0 Å². The molecule has 1 aromatic carbocycles. The Balaban J connectivity index is 0.00000484. The molecule has 0 saturated carbocycles. The van der Waals surface area contributed by atoms with Crippen LogP contribution >= 0.6 is 24.0 Å². The Kier molecular flexibility index (Phi) is 13.9. The summed E-state index contributed by atoms with van der Waals surface area (Å²) in [6, 6.07) is 8.06. The van der Waals surface area contributed by atoms with Crippen molar-refractivity contribution >= 4 is 29.9 Å². The third-order valence-electron chi connectivity index (χ3n) is 3.09. The van der Waals surface area contributed by atoms with E-state index in [4.69, 9.17) is 9.47 Å². The summed E-state index contributed by atoms with van der Waals surface area (Å²) in [5.41, 5.74) is 1.20. The Labute approximate surface area is 157 Å². The lowest BCUT2D eigenvalue weighted by Gasteiger charge is -2.12. The molecular formula is C17H30IN3O2. The number of nitrogens with one attached hydrogen (secondary N) is 2. The molecule has 0 aliphatic rings. The Morgan fingerprint density at radius 2 is 1.91 bits per heavy atom. The SMILES string of the molecule is CCOCCCCNC(=NC)NCCOc1cccc(C)c1.I. The molecule has 5 nitrogen and oxygen atoms in total. The highest BCUT2D eigenvalue weighted by molar-refractivity contribution is 14.0. The van der Waals surface area contributed by atoms with Gasteiger partial charge in [-0.2, -0.15) is 0 Å². The number of ether oxygens (including phenoxy) is 2. The molecule has 0 amide bonds. The number of guanidine groups is 1. The fraction of sp³-hybridized carbons (Fsp3) is 0.588. The molecule has 0 atom stereocenters. The number of nitrogens with zero attached hydrogens (tertiary/aromatic N) is 1. The van der Waals surface area contributed by atoms with Gasteiger partial charge in [-0.05, 0) is 44.4 Å². The van der Waals surface area contributed by atoms with E-state index in [1.54, 1.807) is 7.05 Å². The van der Waals surface area contributed by atoms with Gasteiger partial charge in [0.25, 0.3) is 0 Å². The van der Waals surface area contributed by atoms with Crippen LogP contribution in [-0.4, -0.2) is 45.9 Å². The van der Waals surface area contributed by atoms with Gasteiger partial charge >= 0.3 is 0 Å². The van der Waals surface area contributed by atoms with E-state index in [0.717, 1.165) is 44.3 Å². The fourth-order valence-corrected chi connectivity index (χ4v) is 1.94. The van der Waals surface area contributed by atoms with Crippen LogP contribution < -0.4 is 15.4 Å². The quantitative estimate of drug-likeness (QED) is 0.257. The highest BCUT2D eigenvalue weighted by Crippen LogP contribution is 2.11. The molecule has 1 rings (SSSR count). The van der Waals surface area contributed by atoms with E-state index in [0.29, 0.717) is 13.2 Å². The minimum atomic E-state index is 0. The van der Waals surface area contributed by atoms with Gasteiger partial charge in [0.05, 0.1) is 6.54 Å². The second-order valence-electron chi connectivity index (χ2n) is 4.99. The number of halogens is 1. The van der Waals surface area contributed by atoms with Gasteiger partial charge in [-0.15, -0.1) is 24.0 Å². The number of aliphatic imine (C=N–C) groups is 1. The normalized spacial score (nSPS) is 10.8. The molecule has 0 aliphatic heterocycles. The first-order valence-corrected chi connectivity index (χ1v) is 7.98. The third kappa shape index (κ3) is 11.2. The molecule has 132 valence electrons. The van der Waals surface area contributed by atoms with Crippen molar-refractivity contribution < 1.29 is 9.47 Å². The van der Waals surface area contributed by atoms with Crippen molar-refractivity contribution in [1.29, 1.82) is 0 Å². The second kappa shape index (κ2) is 14.6. The average Bonchev–Trinajstić information content (AvgIpc) is 2.52. The largest absolute Gasteiger partial charge is 0.492 e. The van der Waals surface area contributed by atoms with Gasteiger partial charge in [0.15, 0.2) is 5.96 Å². The summed E-state index contributed by atoms with van der Waals surface area (Å²) in [4.78, 5) is 4.19. The smallest absolute Gasteiger partial charge is 0.191 e. The van der Waals surface area contributed by atoms with E-state index in [2.05, 4.69) is 28.6 Å². The lowest BCUT2D eigenvalue weighted by Crippen LogP contribution is -2.39. The molecule has 6 heteroatoms. The fourth-order valence-electron chi connectivity index (χ4n) is 1.94. The number of benzene rings is 1. The summed E-state index contributed by atoms with van der Waals surface area (Å²) < 4.78 is 11.0. The second-order valence-corrected chi connectivity index (χ2v) is 4.99. The van der Waals surface area contributed by atoms with Crippen molar-refractivity contribution in [3.05, 3.63) is 29.8 Å². The van der Waals surface area contributed by atoms with Crippen LogP contribution in [-0.2, 0) is 4.74 Å². The number of unbranched alkanes of at least 4 members (excludes halogenated alkanes) is 1. The van der Waals surface area contributed by atoms with Crippen LogP contribution in [0.3, 0.4) is 0 Å². The van der Waals surface area contributed by atoms with E-state index in [1.807, 2.05) is 25.1 Å². The molecular weight excluding hydrogens is 405 g/mol. The third-order valence-corrected chi connectivity index (χ3v) is 3.09. The molecule has 2 N–H and O–H groups in total. The van der Waals surface area contributed by atoms with Crippen LogP contribution in [0, 0.1) is 6.92 Å². The lowest BCUT2D eigenvalue weighted by molar-refractivity contribution is 0.143. The first kappa shape index (κ1) is 22.0. The van der Waals surface area contributed by atoms with Gasteiger partial charge in [0.2, 0.25) is 0 Å². The predicted molar refractivity (Wildman–Crippen MR) is 107 cm³/mol. The molecule has 0 heterocycles. The Bertz CT molecular complexity index is 442. The van der Waals surface area contributed by atoms with Crippen molar-refractivity contribution in [1.82, 2.24) is 10.6 Å². The summed E-state index contributed by atoms with van der Waals surface area (Å²) >= 11 is 0. The standard InChI is InChI=1S/C17H29N3O2.HI/c1-4-21-12-6-5-10-19-17(18-3)20-11-13-22-16-9-7-8-15(2)14-16;/h7-9,14H,4-6,10-13H2,1-3H3,(H2,18,19,20);1H. The topological polar surface area (TPSA) is 54.9 Å². The van der Waals surface area contributed by atoms with Crippen molar-refractivity contribution in [3.8, 4) is 5.75 Å². The number of rotatable bonds is 10. The first-order valence-electron chi connectivity index (χ1n) is 7.98. The zero-order valence-electron chi connectivity index (χ0n) is 14.4. The summed E-state index contributed by atoms with van der Waals surface area (Å²) in [6.45, 7) is 7.91. The Morgan fingerprint density at radius 1 is 1.13 bits per heavy atom. The van der Waals surface area contributed by atoms with E-state index in [-0.39, 0.29) is 24.0 Å². The van der Waals surface area contributed by atoms with Gasteiger partial charge < -0.3 is 20.1 Å². The minimum absolute atomic E-state index is 0. The highest BCUT2D eigenvalue weighted by Gasteiger charge is 1.98. The van der Waals surface area contributed by atoms with E-state index in [9.17, 15) is 0 Å². The lowest BCUT2D eigenvalue weighted by atomic mass is 10.2. The molecule has 0 aliphatic carbocycles. The summed E-state index contributed by atoms with van der Waals surface area (Å²) in [5.74, 6) is 1.71. The van der Waals surface area contributed by atoms with E-state index in [1.165, 1.54) is 5.56 Å². The molecule has 0 spiro atoms. The van der Waals surface area contributed by atoms with Gasteiger partial charge in [-0.25, -0.2) is 0 Å². The van der Waals surface area contributed by atoms with Crippen LogP contribution in [0.25, 0.3) is 0 Å².